The zero-order valence-electron chi connectivity index (χ0n) is 11.9. The van der Waals surface area contributed by atoms with Crippen molar-refractivity contribution in [1.82, 2.24) is 5.32 Å². The van der Waals surface area contributed by atoms with Gasteiger partial charge in [-0.1, -0.05) is 0 Å². The van der Waals surface area contributed by atoms with Gasteiger partial charge in [0.1, 0.15) is 0 Å². The Morgan fingerprint density at radius 2 is 2.15 bits per heavy atom. The van der Waals surface area contributed by atoms with Crippen LogP contribution < -0.4 is 10.2 Å². The topological polar surface area (TPSA) is 52.6 Å². The zero-order chi connectivity index (χ0) is 14.1. The normalized spacial score (nSPS) is 22.9. The number of nitrogens with one attached hydrogen (secondary N) is 1. The Kier molecular flexibility index (Phi) is 3.66. The Labute approximate surface area is 119 Å². The highest BCUT2D eigenvalue weighted by molar-refractivity contribution is 5.89. The molecule has 3 rings (SSSR count). The van der Waals surface area contributed by atoms with Crippen molar-refractivity contribution in [3.05, 3.63) is 29.3 Å². The van der Waals surface area contributed by atoms with Gasteiger partial charge in [-0.05, 0) is 62.0 Å². The van der Waals surface area contributed by atoms with Gasteiger partial charge in [-0.2, -0.15) is 0 Å². The first-order valence-electron chi connectivity index (χ1n) is 7.44. The van der Waals surface area contributed by atoms with Gasteiger partial charge in [0.05, 0.1) is 5.56 Å². The summed E-state index contributed by atoms with van der Waals surface area (Å²) in [6.45, 7) is 3.26. The van der Waals surface area contributed by atoms with Crippen molar-refractivity contribution in [2.75, 3.05) is 31.6 Å². The molecule has 0 spiro atoms. The van der Waals surface area contributed by atoms with E-state index in [9.17, 15) is 4.79 Å². The summed E-state index contributed by atoms with van der Waals surface area (Å²) >= 11 is 0. The molecule has 0 aliphatic carbocycles. The summed E-state index contributed by atoms with van der Waals surface area (Å²) in [6.07, 6.45) is 3.67. The van der Waals surface area contributed by atoms with Crippen LogP contribution in [0.25, 0.3) is 0 Å². The SMILES string of the molecule is CN1CC(CC2CCNCC2)c2cc(C(=O)O)ccc21. The maximum Gasteiger partial charge on any atom is 0.335 e. The van der Waals surface area contributed by atoms with Gasteiger partial charge in [-0.15, -0.1) is 0 Å². The fourth-order valence-corrected chi connectivity index (χ4v) is 3.61. The van der Waals surface area contributed by atoms with E-state index < -0.39 is 5.97 Å². The number of rotatable bonds is 3. The number of benzene rings is 1. The van der Waals surface area contributed by atoms with Crippen LogP contribution in [0, 0.1) is 5.92 Å². The molecule has 0 bridgehead atoms. The van der Waals surface area contributed by atoms with E-state index in [0.717, 1.165) is 25.6 Å². The predicted molar refractivity (Wildman–Crippen MR) is 79.6 cm³/mol. The Bertz CT molecular complexity index is 509. The number of carboxylic acid groups (broad SMARTS) is 1. The minimum absolute atomic E-state index is 0.411. The minimum Gasteiger partial charge on any atom is -0.478 e. The summed E-state index contributed by atoms with van der Waals surface area (Å²) in [5.74, 6) is 0.425. The standard InChI is InChI=1S/C16H22N2O2/c1-18-10-13(8-11-4-6-17-7-5-11)14-9-12(16(19)20)2-3-15(14)18/h2-3,9,11,13,17H,4-8,10H2,1H3,(H,19,20). The zero-order valence-corrected chi connectivity index (χ0v) is 11.9. The number of hydrogen-bond donors (Lipinski definition) is 2. The monoisotopic (exact) mass is 274 g/mol. The first-order valence-corrected chi connectivity index (χ1v) is 7.44. The Morgan fingerprint density at radius 3 is 2.85 bits per heavy atom. The molecule has 1 saturated heterocycles. The van der Waals surface area contributed by atoms with Crippen LogP contribution in [0.15, 0.2) is 18.2 Å². The lowest BCUT2D eigenvalue weighted by Crippen LogP contribution is -2.29. The van der Waals surface area contributed by atoms with Gasteiger partial charge >= 0.3 is 5.97 Å². The molecule has 1 unspecified atom stereocenters. The Balaban J connectivity index is 1.81. The second kappa shape index (κ2) is 5.44. The highest BCUT2D eigenvalue weighted by atomic mass is 16.4. The predicted octanol–water partition coefficient (Wildman–Crippen LogP) is 2.31. The van der Waals surface area contributed by atoms with Crippen LogP contribution in [0.5, 0.6) is 0 Å². The first kappa shape index (κ1) is 13.4. The summed E-state index contributed by atoms with van der Waals surface area (Å²) in [5, 5.41) is 12.6. The second-order valence-corrected chi connectivity index (χ2v) is 6.09. The van der Waals surface area contributed by atoms with E-state index in [1.165, 1.54) is 30.5 Å². The van der Waals surface area contributed by atoms with Crippen LogP contribution in [0.4, 0.5) is 5.69 Å². The molecular formula is C16H22N2O2. The van der Waals surface area contributed by atoms with E-state index in [4.69, 9.17) is 5.11 Å². The van der Waals surface area contributed by atoms with Gasteiger partial charge < -0.3 is 15.3 Å². The molecule has 2 heterocycles. The highest BCUT2D eigenvalue weighted by Crippen LogP contribution is 2.40. The molecule has 20 heavy (non-hydrogen) atoms. The number of carboxylic acids is 1. The third kappa shape index (κ3) is 2.52. The largest absolute Gasteiger partial charge is 0.478 e. The summed E-state index contributed by atoms with van der Waals surface area (Å²) < 4.78 is 0. The van der Waals surface area contributed by atoms with Gasteiger partial charge in [-0.25, -0.2) is 4.79 Å². The van der Waals surface area contributed by atoms with Crippen molar-refractivity contribution in [1.29, 1.82) is 0 Å². The molecule has 4 nitrogen and oxygen atoms in total. The molecule has 0 amide bonds. The lowest BCUT2D eigenvalue weighted by Gasteiger charge is -2.25. The third-order valence-electron chi connectivity index (χ3n) is 4.70. The van der Waals surface area contributed by atoms with E-state index in [-0.39, 0.29) is 0 Å². The molecule has 108 valence electrons. The van der Waals surface area contributed by atoms with Crippen molar-refractivity contribution in [3.63, 3.8) is 0 Å². The van der Waals surface area contributed by atoms with E-state index in [2.05, 4.69) is 17.3 Å². The Hall–Kier alpha value is -1.55. The van der Waals surface area contributed by atoms with Crippen LogP contribution in [0.3, 0.4) is 0 Å². The molecule has 4 heteroatoms. The van der Waals surface area contributed by atoms with E-state index in [0.29, 0.717) is 11.5 Å². The molecule has 1 fully saturated rings. The number of aromatic carboxylic acids is 1. The van der Waals surface area contributed by atoms with E-state index >= 15 is 0 Å². The van der Waals surface area contributed by atoms with Crippen LogP contribution in [0.2, 0.25) is 0 Å². The Morgan fingerprint density at radius 1 is 1.40 bits per heavy atom. The van der Waals surface area contributed by atoms with Gasteiger partial charge in [0, 0.05) is 25.2 Å². The average Bonchev–Trinajstić information content (AvgIpc) is 2.76. The van der Waals surface area contributed by atoms with Crippen molar-refractivity contribution in [2.45, 2.75) is 25.2 Å². The fourth-order valence-electron chi connectivity index (χ4n) is 3.61. The van der Waals surface area contributed by atoms with Crippen molar-refractivity contribution in [2.24, 2.45) is 5.92 Å². The number of nitrogens with zero attached hydrogens (tertiary/aromatic N) is 1. The number of anilines is 1. The number of hydrogen-bond acceptors (Lipinski definition) is 3. The van der Waals surface area contributed by atoms with E-state index in [1.54, 1.807) is 6.07 Å². The molecule has 0 saturated carbocycles. The summed E-state index contributed by atoms with van der Waals surface area (Å²) in [7, 11) is 2.10. The number of piperidine rings is 1. The maximum atomic E-state index is 11.2. The van der Waals surface area contributed by atoms with Gasteiger partial charge in [-0.3, -0.25) is 0 Å². The van der Waals surface area contributed by atoms with Crippen LogP contribution in [0.1, 0.15) is 41.1 Å². The van der Waals surface area contributed by atoms with Gasteiger partial charge in [0.25, 0.3) is 0 Å². The molecule has 0 radical (unpaired) electrons. The van der Waals surface area contributed by atoms with Gasteiger partial charge in [0.2, 0.25) is 0 Å². The smallest absolute Gasteiger partial charge is 0.335 e. The summed E-state index contributed by atoms with van der Waals surface area (Å²) in [5.41, 5.74) is 2.84. The fraction of sp³-hybridized carbons (Fsp3) is 0.562. The summed E-state index contributed by atoms with van der Waals surface area (Å²) in [6, 6.07) is 5.55. The molecule has 1 atom stereocenters. The molecular weight excluding hydrogens is 252 g/mol. The molecule has 2 aliphatic rings. The third-order valence-corrected chi connectivity index (χ3v) is 4.70. The quantitative estimate of drug-likeness (QED) is 0.888. The van der Waals surface area contributed by atoms with Crippen LogP contribution in [-0.2, 0) is 0 Å². The van der Waals surface area contributed by atoms with Crippen LogP contribution in [-0.4, -0.2) is 37.8 Å². The lowest BCUT2D eigenvalue weighted by atomic mass is 9.85. The minimum atomic E-state index is -0.831. The molecule has 2 aliphatic heterocycles. The molecule has 0 aromatic heterocycles. The lowest BCUT2D eigenvalue weighted by molar-refractivity contribution is 0.0697. The highest BCUT2D eigenvalue weighted by Gasteiger charge is 2.29. The van der Waals surface area contributed by atoms with Crippen molar-refractivity contribution in [3.8, 4) is 0 Å². The first-order chi connectivity index (χ1) is 9.65. The van der Waals surface area contributed by atoms with E-state index in [1.807, 2.05) is 12.1 Å². The molecule has 2 N–H and O–H groups in total. The molecule has 1 aromatic rings. The average molecular weight is 274 g/mol. The van der Waals surface area contributed by atoms with Crippen molar-refractivity contribution < 1.29 is 9.90 Å². The number of likely N-dealkylation sites (N-methyl/N-ethyl adjacent to an activating group) is 1. The second-order valence-electron chi connectivity index (χ2n) is 6.09. The number of fused-ring (bicyclic) bond motifs is 1. The molecule has 1 aromatic carbocycles. The van der Waals surface area contributed by atoms with Crippen LogP contribution >= 0.6 is 0 Å². The maximum absolute atomic E-state index is 11.2. The van der Waals surface area contributed by atoms with Crippen molar-refractivity contribution >= 4 is 11.7 Å². The van der Waals surface area contributed by atoms with Gasteiger partial charge in [0.15, 0.2) is 0 Å². The summed E-state index contributed by atoms with van der Waals surface area (Å²) in [4.78, 5) is 13.4. The number of carbonyl (C=O) groups is 1.